The highest BCUT2D eigenvalue weighted by Crippen LogP contribution is 2.32. The van der Waals surface area contributed by atoms with Gasteiger partial charge in [0, 0.05) is 16.1 Å². The van der Waals surface area contributed by atoms with Crippen LogP contribution in [-0.4, -0.2) is 17.1 Å². The summed E-state index contributed by atoms with van der Waals surface area (Å²) in [5.41, 5.74) is 6.65. The summed E-state index contributed by atoms with van der Waals surface area (Å²) in [5, 5.41) is 10.2. The van der Waals surface area contributed by atoms with E-state index in [-0.39, 0.29) is 12.1 Å². The van der Waals surface area contributed by atoms with Gasteiger partial charge in [-0.15, -0.1) is 0 Å². The quantitative estimate of drug-likeness (QED) is 0.774. The maximum absolute atomic E-state index is 11.2. The number of carboxylic acid groups (broad SMARTS) is 1. The van der Waals surface area contributed by atoms with Crippen LogP contribution in [0.1, 0.15) is 18.5 Å². The second kappa shape index (κ2) is 4.82. The van der Waals surface area contributed by atoms with Crippen molar-refractivity contribution in [2.24, 2.45) is 5.92 Å². The lowest BCUT2D eigenvalue weighted by molar-refractivity contribution is -0.142. The average Bonchev–Trinajstić information content (AvgIpc) is 2.58. The molecule has 0 aromatic heterocycles. The molecular formula is C11H12Cl2N2O2. The van der Waals surface area contributed by atoms with Crippen molar-refractivity contribution in [3.63, 3.8) is 0 Å². The van der Waals surface area contributed by atoms with Gasteiger partial charge in [0.05, 0.1) is 12.0 Å². The third-order valence-electron chi connectivity index (χ3n) is 2.89. The molecule has 3 atom stereocenters. The van der Waals surface area contributed by atoms with E-state index in [4.69, 9.17) is 23.2 Å². The van der Waals surface area contributed by atoms with Crippen LogP contribution < -0.4 is 10.9 Å². The van der Waals surface area contributed by atoms with Crippen molar-refractivity contribution in [2.45, 2.75) is 19.0 Å². The van der Waals surface area contributed by atoms with Gasteiger partial charge < -0.3 is 5.11 Å². The topological polar surface area (TPSA) is 61.4 Å². The van der Waals surface area contributed by atoms with Crippen molar-refractivity contribution in [1.29, 1.82) is 0 Å². The number of nitrogens with one attached hydrogen (secondary N) is 2. The number of halogens is 2. The standard InChI is InChI=1S/C11H12Cl2N2O2/c1-5-9(11(16)17)10(15-14-5)6-2-7(12)4-8(13)3-6/h2-5,9-10,14-15H,1H3,(H,16,17). The molecule has 17 heavy (non-hydrogen) atoms. The second-order valence-electron chi connectivity index (χ2n) is 4.12. The fraction of sp³-hybridized carbons (Fsp3) is 0.364. The van der Waals surface area contributed by atoms with Crippen molar-refractivity contribution in [1.82, 2.24) is 10.9 Å². The van der Waals surface area contributed by atoms with E-state index < -0.39 is 11.9 Å². The van der Waals surface area contributed by atoms with Gasteiger partial charge in [-0.05, 0) is 30.7 Å². The number of hydrazine groups is 1. The highest BCUT2D eigenvalue weighted by atomic mass is 35.5. The third kappa shape index (κ3) is 2.55. The summed E-state index contributed by atoms with van der Waals surface area (Å²) in [6.07, 6.45) is 0. The van der Waals surface area contributed by atoms with Gasteiger partial charge in [-0.25, -0.2) is 5.43 Å². The summed E-state index contributed by atoms with van der Waals surface area (Å²) in [6.45, 7) is 1.82. The largest absolute Gasteiger partial charge is 0.481 e. The molecule has 6 heteroatoms. The zero-order valence-corrected chi connectivity index (χ0v) is 10.6. The average molecular weight is 275 g/mol. The molecule has 1 aromatic rings. The Labute approximate surface area is 109 Å². The van der Waals surface area contributed by atoms with Crippen molar-refractivity contribution < 1.29 is 9.90 Å². The number of aliphatic carboxylic acids is 1. The Balaban J connectivity index is 2.35. The van der Waals surface area contributed by atoms with Crippen LogP contribution >= 0.6 is 23.2 Å². The van der Waals surface area contributed by atoms with E-state index >= 15 is 0 Å². The van der Waals surface area contributed by atoms with E-state index in [1.807, 2.05) is 6.92 Å². The number of benzene rings is 1. The van der Waals surface area contributed by atoms with Gasteiger partial charge in [0.25, 0.3) is 0 Å². The van der Waals surface area contributed by atoms with Gasteiger partial charge in [0.1, 0.15) is 0 Å². The van der Waals surface area contributed by atoms with Gasteiger partial charge in [0.2, 0.25) is 0 Å². The summed E-state index contributed by atoms with van der Waals surface area (Å²) in [7, 11) is 0. The molecule has 0 bridgehead atoms. The predicted molar refractivity (Wildman–Crippen MR) is 66.1 cm³/mol. The molecule has 1 aliphatic rings. The van der Waals surface area contributed by atoms with E-state index in [2.05, 4.69) is 10.9 Å². The molecule has 0 aliphatic carbocycles. The van der Waals surface area contributed by atoms with Crippen LogP contribution in [0.15, 0.2) is 18.2 Å². The second-order valence-corrected chi connectivity index (χ2v) is 4.99. The van der Waals surface area contributed by atoms with Crippen LogP contribution in [0, 0.1) is 5.92 Å². The molecule has 1 heterocycles. The summed E-state index contributed by atoms with van der Waals surface area (Å²) in [5.74, 6) is -1.40. The lowest BCUT2D eigenvalue weighted by Gasteiger charge is -2.17. The van der Waals surface area contributed by atoms with Crippen LogP contribution in [-0.2, 0) is 4.79 Å². The first-order valence-corrected chi connectivity index (χ1v) is 5.94. The summed E-state index contributed by atoms with van der Waals surface area (Å²) >= 11 is 11.8. The molecular weight excluding hydrogens is 263 g/mol. The molecule has 1 aromatic carbocycles. The lowest BCUT2D eigenvalue weighted by Crippen LogP contribution is -2.30. The van der Waals surface area contributed by atoms with Crippen LogP contribution in [0.3, 0.4) is 0 Å². The highest BCUT2D eigenvalue weighted by Gasteiger charge is 2.39. The molecule has 92 valence electrons. The summed E-state index contributed by atoms with van der Waals surface area (Å²) in [4.78, 5) is 11.2. The van der Waals surface area contributed by atoms with Gasteiger partial charge >= 0.3 is 5.97 Å². The molecule has 3 N–H and O–H groups in total. The van der Waals surface area contributed by atoms with Crippen molar-refractivity contribution in [3.8, 4) is 0 Å². The Morgan fingerprint density at radius 3 is 2.35 bits per heavy atom. The Morgan fingerprint density at radius 2 is 1.82 bits per heavy atom. The summed E-state index contributed by atoms with van der Waals surface area (Å²) < 4.78 is 0. The first-order valence-electron chi connectivity index (χ1n) is 5.19. The monoisotopic (exact) mass is 274 g/mol. The fourth-order valence-electron chi connectivity index (χ4n) is 2.09. The Hall–Kier alpha value is -0.810. The van der Waals surface area contributed by atoms with Gasteiger partial charge in [-0.3, -0.25) is 10.2 Å². The lowest BCUT2D eigenvalue weighted by atomic mass is 9.90. The molecule has 3 unspecified atom stereocenters. The Bertz CT molecular complexity index is 433. The van der Waals surface area contributed by atoms with E-state index in [0.29, 0.717) is 10.0 Å². The number of hydrogen-bond acceptors (Lipinski definition) is 3. The zero-order valence-electron chi connectivity index (χ0n) is 9.08. The van der Waals surface area contributed by atoms with Crippen LogP contribution in [0.2, 0.25) is 10.0 Å². The number of hydrogen-bond donors (Lipinski definition) is 3. The minimum atomic E-state index is -0.851. The van der Waals surface area contributed by atoms with E-state index in [1.54, 1.807) is 18.2 Å². The number of carboxylic acids is 1. The molecule has 0 radical (unpaired) electrons. The minimum absolute atomic E-state index is 0.157. The predicted octanol–water partition coefficient (Wildman–Crippen LogP) is 2.23. The summed E-state index contributed by atoms with van der Waals surface area (Å²) in [6, 6.07) is 4.57. The van der Waals surface area contributed by atoms with Gasteiger partial charge in [-0.2, -0.15) is 0 Å². The molecule has 0 amide bonds. The van der Waals surface area contributed by atoms with Gasteiger partial charge in [-0.1, -0.05) is 23.2 Å². The maximum atomic E-state index is 11.2. The maximum Gasteiger partial charge on any atom is 0.310 e. The van der Waals surface area contributed by atoms with Crippen LogP contribution in [0.25, 0.3) is 0 Å². The molecule has 2 rings (SSSR count). The minimum Gasteiger partial charge on any atom is -0.481 e. The van der Waals surface area contributed by atoms with Crippen molar-refractivity contribution >= 4 is 29.2 Å². The van der Waals surface area contributed by atoms with Gasteiger partial charge in [0.15, 0.2) is 0 Å². The van der Waals surface area contributed by atoms with E-state index in [9.17, 15) is 9.90 Å². The van der Waals surface area contributed by atoms with Crippen LogP contribution in [0.4, 0.5) is 0 Å². The normalized spacial score (nSPS) is 28.3. The molecule has 1 saturated heterocycles. The first-order chi connectivity index (χ1) is 7.99. The van der Waals surface area contributed by atoms with Crippen molar-refractivity contribution in [2.75, 3.05) is 0 Å². The highest BCUT2D eigenvalue weighted by molar-refractivity contribution is 6.34. The molecule has 0 spiro atoms. The first kappa shape index (κ1) is 12.6. The SMILES string of the molecule is CC1NNC(c2cc(Cl)cc(Cl)c2)C1C(=O)O. The molecule has 4 nitrogen and oxygen atoms in total. The van der Waals surface area contributed by atoms with E-state index in [0.717, 1.165) is 5.56 Å². The molecule has 1 fully saturated rings. The smallest absolute Gasteiger partial charge is 0.310 e. The fourth-order valence-corrected chi connectivity index (χ4v) is 2.63. The number of rotatable bonds is 2. The Morgan fingerprint density at radius 1 is 1.24 bits per heavy atom. The van der Waals surface area contributed by atoms with Crippen molar-refractivity contribution in [3.05, 3.63) is 33.8 Å². The third-order valence-corrected chi connectivity index (χ3v) is 3.33. The number of carbonyl (C=O) groups is 1. The van der Waals surface area contributed by atoms with Crippen LogP contribution in [0.5, 0.6) is 0 Å². The molecule has 1 aliphatic heterocycles. The zero-order chi connectivity index (χ0) is 12.6. The molecule has 0 saturated carbocycles. The Kier molecular flexibility index (Phi) is 3.58. The van der Waals surface area contributed by atoms with E-state index in [1.165, 1.54) is 0 Å².